The van der Waals surface area contributed by atoms with Crippen LogP contribution in [0.3, 0.4) is 0 Å². The minimum Gasteiger partial charge on any atom is -0.497 e. The molecule has 0 spiro atoms. The Balaban J connectivity index is 1.48. The number of methoxy groups -OCH3 is 2. The number of carbonyl (C=O) groups is 1. The molecule has 1 aliphatic rings. The minimum absolute atomic E-state index is 0.182. The van der Waals surface area contributed by atoms with Gasteiger partial charge in [-0.1, -0.05) is 12.1 Å². The van der Waals surface area contributed by atoms with E-state index in [-0.39, 0.29) is 23.8 Å². The Kier molecular flexibility index (Phi) is 6.58. The van der Waals surface area contributed by atoms with Crippen LogP contribution in [0.1, 0.15) is 0 Å². The van der Waals surface area contributed by atoms with Gasteiger partial charge in [-0.25, -0.2) is 9.07 Å². The Morgan fingerprint density at radius 2 is 1.76 bits per heavy atom. The van der Waals surface area contributed by atoms with Crippen molar-refractivity contribution in [3.63, 3.8) is 0 Å². The van der Waals surface area contributed by atoms with Gasteiger partial charge < -0.3 is 19.3 Å². The first-order valence-corrected chi connectivity index (χ1v) is 10.6. The third-order valence-electron chi connectivity index (χ3n) is 5.66. The molecule has 0 bridgehead atoms. The number of halogens is 1. The van der Waals surface area contributed by atoms with Gasteiger partial charge in [-0.3, -0.25) is 9.59 Å². The van der Waals surface area contributed by atoms with Crippen molar-refractivity contribution >= 4 is 11.6 Å². The fraction of sp³-hybridized carbons (Fsp3) is 0.292. The largest absolute Gasteiger partial charge is 0.497 e. The molecular formula is C24H25FN4O4. The van der Waals surface area contributed by atoms with E-state index in [9.17, 15) is 14.0 Å². The third kappa shape index (κ3) is 4.82. The van der Waals surface area contributed by atoms with Crippen LogP contribution in [0.2, 0.25) is 0 Å². The van der Waals surface area contributed by atoms with Crippen LogP contribution in [-0.2, 0) is 11.3 Å². The number of hydrogen-bond acceptors (Lipinski definition) is 6. The Morgan fingerprint density at radius 3 is 2.45 bits per heavy atom. The number of ether oxygens (including phenoxy) is 2. The molecule has 8 nitrogen and oxygen atoms in total. The van der Waals surface area contributed by atoms with Crippen LogP contribution in [0.25, 0.3) is 11.3 Å². The van der Waals surface area contributed by atoms with Gasteiger partial charge >= 0.3 is 0 Å². The molecule has 3 aromatic rings. The molecular weight excluding hydrogens is 427 g/mol. The number of carbonyl (C=O) groups excluding carboxylic acids is 1. The number of benzene rings is 2. The molecule has 0 N–H and O–H groups in total. The SMILES string of the molecule is COc1ccc(OC)c(-c2ccc(=O)n(CC(=O)N3CCN(c4ccccc4F)CC3)n2)c1. The number of piperazine rings is 1. The molecule has 1 aromatic heterocycles. The zero-order chi connectivity index (χ0) is 23.4. The first-order valence-electron chi connectivity index (χ1n) is 10.6. The summed E-state index contributed by atoms with van der Waals surface area (Å²) in [5.74, 6) is 0.698. The van der Waals surface area contributed by atoms with Gasteiger partial charge in [-0.05, 0) is 36.4 Å². The fourth-order valence-electron chi connectivity index (χ4n) is 3.85. The van der Waals surface area contributed by atoms with Crippen molar-refractivity contribution in [3.8, 4) is 22.8 Å². The highest BCUT2D eigenvalue weighted by Crippen LogP contribution is 2.31. The zero-order valence-electron chi connectivity index (χ0n) is 18.5. The predicted molar refractivity (Wildman–Crippen MR) is 122 cm³/mol. The highest BCUT2D eigenvalue weighted by molar-refractivity contribution is 5.76. The number of para-hydroxylation sites is 1. The van der Waals surface area contributed by atoms with Crippen LogP contribution in [0, 0.1) is 5.82 Å². The van der Waals surface area contributed by atoms with Gasteiger partial charge in [0.05, 0.1) is 25.6 Å². The summed E-state index contributed by atoms with van der Waals surface area (Å²) in [5, 5.41) is 4.40. The maximum absolute atomic E-state index is 14.1. The molecule has 0 radical (unpaired) electrons. The highest BCUT2D eigenvalue weighted by Gasteiger charge is 2.23. The van der Waals surface area contributed by atoms with Gasteiger partial charge in [0.2, 0.25) is 5.91 Å². The average molecular weight is 452 g/mol. The molecule has 33 heavy (non-hydrogen) atoms. The summed E-state index contributed by atoms with van der Waals surface area (Å²) in [7, 11) is 3.11. The summed E-state index contributed by atoms with van der Waals surface area (Å²) >= 11 is 0. The number of amides is 1. The second-order valence-corrected chi connectivity index (χ2v) is 7.60. The molecule has 1 fully saturated rings. The van der Waals surface area contributed by atoms with Crippen molar-refractivity contribution in [2.24, 2.45) is 0 Å². The molecule has 0 unspecified atom stereocenters. The Morgan fingerprint density at radius 1 is 1.00 bits per heavy atom. The molecule has 2 aromatic carbocycles. The molecule has 1 amide bonds. The first-order chi connectivity index (χ1) is 16.0. The second-order valence-electron chi connectivity index (χ2n) is 7.60. The molecule has 172 valence electrons. The van der Waals surface area contributed by atoms with E-state index < -0.39 is 0 Å². The Labute approximate surface area is 190 Å². The lowest BCUT2D eigenvalue weighted by atomic mass is 10.1. The summed E-state index contributed by atoms with van der Waals surface area (Å²) in [6.45, 7) is 1.71. The molecule has 0 aliphatic carbocycles. The lowest BCUT2D eigenvalue weighted by molar-refractivity contribution is -0.132. The molecule has 9 heteroatoms. The molecule has 4 rings (SSSR count). The third-order valence-corrected chi connectivity index (χ3v) is 5.66. The van der Waals surface area contributed by atoms with Gasteiger partial charge in [0.15, 0.2) is 0 Å². The van der Waals surface area contributed by atoms with Gasteiger partial charge in [0.1, 0.15) is 23.9 Å². The molecule has 0 saturated carbocycles. The van der Waals surface area contributed by atoms with Crippen LogP contribution in [0.5, 0.6) is 11.5 Å². The number of aromatic nitrogens is 2. The van der Waals surface area contributed by atoms with E-state index in [0.717, 1.165) is 4.68 Å². The predicted octanol–water partition coefficient (Wildman–Crippen LogP) is 2.42. The number of rotatable bonds is 6. The summed E-state index contributed by atoms with van der Waals surface area (Å²) < 4.78 is 25.9. The fourth-order valence-corrected chi connectivity index (χ4v) is 3.85. The van der Waals surface area contributed by atoms with Crippen molar-refractivity contribution in [3.05, 3.63) is 70.8 Å². The van der Waals surface area contributed by atoms with Crippen LogP contribution >= 0.6 is 0 Å². The first kappa shape index (κ1) is 22.3. The van der Waals surface area contributed by atoms with Crippen LogP contribution < -0.4 is 19.9 Å². The van der Waals surface area contributed by atoms with Crippen molar-refractivity contribution < 1.29 is 18.7 Å². The monoisotopic (exact) mass is 452 g/mol. The van der Waals surface area contributed by atoms with E-state index in [1.807, 2.05) is 4.90 Å². The number of hydrogen-bond donors (Lipinski definition) is 0. The van der Waals surface area contributed by atoms with E-state index in [1.54, 1.807) is 61.6 Å². The molecule has 1 saturated heterocycles. The summed E-state index contributed by atoms with van der Waals surface area (Å²) in [4.78, 5) is 28.9. The van der Waals surface area contributed by atoms with Gasteiger partial charge in [0, 0.05) is 37.8 Å². The van der Waals surface area contributed by atoms with Crippen LogP contribution in [0.15, 0.2) is 59.4 Å². The Bertz CT molecular complexity index is 1210. The van der Waals surface area contributed by atoms with Gasteiger partial charge in [0.25, 0.3) is 5.56 Å². The zero-order valence-corrected chi connectivity index (χ0v) is 18.5. The quantitative estimate of drug-likeness (QED) is 0.572. The second kappa shape index (κ2) is 9.72. The topological polar surface area (TPSA) is 76.9 Å². The van der Waals surface area contributed by atoms with Gasteiger partial charge in [-0.15, -0.1) is 0 Å². The van der Waals surface area contributed by atoms with Crippen molar-refractivity contribution in [2.75, 3.05) is 45.3 Å². The maximum atomic E-state index is 14.1. The average Bonchev–Trinajstić information content (AvgIpc) is 2.85. The molecule has 0 atom stereocenters. The van der Waals surface area contributed by atoms with Crippen LogP contribution in [0.4, 0.5) is 10.1 Å². The van der Waals surface area contributed by atoms with Gasteiger partial charge in [-0.2, -0.15) is 5.10 Å². The molecule has 1 aliphatic heterocycles. The normalized spacial score (nSPS) is 13.7. The van der Waals surface area contributed by atoms with E-state index in [4.69, 9.17) is 9.47 Å². The van der Waals surface area contributed by atoms with Crippen molar-refractivity contribution in [1.29, 1.82) is 0 Å². The summed E-state index contributed by atoms with van der Waals surface area (Å²) in [6, 6.07) is 14.9. The summed E-state index contributed by atoms with van der Waals surface area (Å²) in [5.41, 5.74) is 1.29. The van der Waals surface area contributed by atoms with Crippen LogP contribution in [-0.4, -0.2) is 61.0 Å². The highest BCUT2D eigenvalue weighted by atomic mass is 19.1. The van der Waals surface area contributed by atoms with E-state index in [0.29, 0.717) is 54.6 Å². The smallest absolute Gasteiger partial charge is 0.267 e. The number of anilines is 1. The maximum Gasteiger partial charge on any atom is 0.267 e. The van der Waals surface area contributed by atoms with E-state index in [2.05, 4.69) is 5.10 Å². The standard InChI is InChI=1S/C24H25FN4O4/c1-32-17-7-9-22(33-2)18(15-17)20-8-10-23(30)29(26-20)16-24(31)28-13-11-27(12-14-28)21-6-4-3-5-19(21)25/h3-10,15H,11-14,16H2,1-2H3. The Hall–Kier alpha value is -3.88. The van der Waals surface area contributed by atoms with E-state index >= 15 is 0 Å². The van der Waals surface area contributed by atoms with Crippen molar-refractivity contribution in [2.45, 2.75) is 6.54 Å². The number of nitrogens with zero attached hydrogens (tertiary/aromatic N) is 4. The lowest BCUT2D eigenvalue weighted by Crippen LogP contribution is -2.50. The lowest BCUT2D eigenvalue weighted by Gasteiger charge is -2.36. The van der Waals surface area contributed by atoms with Crippen molar-refractivity contribution in [1.82, 2.24) is 14.7 Å². The summed E-state index contributed by atoms with van der Waals surface area (Å²) in [6.07, 6.45) is 0. The molecule has 2 heterocycles. The minimum atomic E-state index is -0.376. The van der Waals surface area contributed by atoms with E-state index in [1.165, 1.54) is 12.1 Å².